The lowest BCUT2D eigenvalue weighted by Gasteiger charge is -2.46. The number of nitrogens with one attached hydrogen (secondary N) is 1. The van der Waals surface area contributed by atoms with Crippen molar-refractivity contribution in [1.82, 2.24) is 5.32 Å². The van der Waals surface area contributed by atoms with Gasteiger partial charge in [-0.1, -0.05) is 36.8 Å². The molecule has 1 saturated carbocycles. The normalized spacial score (nSPS) is 28.7. The number of benzene rings is 2. The second-order valence-electron chi connectivity index (χ2n) is 8.64. The number of aromatic hydroxyl groups is 1. The molecule has 4 atom stereocenters. The standard InChI is InChI=1S/C25H32FNO3/c1-29-23-10-9-21(28)14-22(23)20-15-25(30-17-20)11-5-8-19(16-27-13-12-26)24(25)18-6-3-2-4-7-18/h2-4,6-7,9-10,14,19-20,24,27-28H,5,8,11-13,15-17H2,1H3/t19-,20+,24-,25-/m1/s1. The van der Waals surface area contributed by atoms with Crippen LogP contribution in [0.25, 0.3) is 0 Å². The van der Waals surface area contributed by atoms with Crippen LogP contribution in [0.5, 0.6) is 11.5 Å². The van der Waals surface area contributed by atoms with E-state index in [9.17, 15) is 9.50 Å². The summed E-state index contributed by atoms with van der Waals surface area (Å²) in [6, 6.07) is 15.9. The SMILES string of the molecule is COc1ccc(O)cc1[C@@H]1CO[C@]2(CCC[C@H](CNCCF)[C@H]2c2ccccc2)C1. The lowest BCUT2D eigenvalue weighted by atomic mass is 9.64. The Morgan fingerprint density at radius 1 is 1.23 bits per heavy atom. The lowest BCUT2D eigenvalue weighted by molar-refractivity contribution is -0.0603. The van der Waals surface area contributed by atoms with Gasteiger partial charge in [-0.2, -0.15) is 0 Å². The van der Waals surface area contributed by atoms with Crippen molar-refractivity contribution in [1.29, 1.82) is 0 Å². The molecule has 1 heterocycles. The Bertz CT molecular complexity index is 830. The van der Waals surface area contributed by atoms with Crippen LogP contribution in [0.15, 0.2) is 48.5 Å². The van der Waals surface area contributed by atoms with Gasteiger partial charge >= 0.3 is 0 Å². The van der Waals surface area contributed by atoms with Gasteiger partial charge in [0.25, 0.3) is 0 Å². The number of alkyl halides is 1. The third kappa shape index (κ3) is 4.19. The molecular formula is C25H32FNO3. The van der Waals surface area contributed by atoms with E-state index in [1.54, 1.807) is 13.2 Å². The third-order valence-corrected chi connectivity index (χ3v) is 6.87. The molecule has 30 heavy (non-hydrogen) atoms. The molecular weight excluding hydrogens is 381 g/mol. The molecule has 1 aliphatic carbocycles. The van der Waals surface area contributed by atoms with Gasteiger partial charge in [0.2, 0.25) is 0 Å². The summed E-state index contributed by atoms with van der Waals surface area (Å²) in [5.41, 5.74) is 2.06. The highest BCUT2D eigenvalue weighted by atomic mass is 19.1. The fraction of sp³-hybridized carbons (Fsp3) is 0.520. The van der Waals surface area contributed by atoms with E-state index in [-0.39, 0.29) is 29.9 Å². The summed E-state index contributed by atoms with van der Waals surface area (Å²) in [7, 11) is 1.67. The molecule has 1 saturated heterocycles. The van der Waals surface area contributed by atoms with Crippen molar-refractivity contribution in [2.45, 2.75) is 43.1 Å². The van der Waals surface area contributed by atoms with Crippen molar-refractivity contribution in [3.63, 3.8) is 0 Å². The molecule has 0 amide bonds. The van der Waals surface area contributed by atoms with E-state index in [0.29, 0.717) is 19.1 Å². The predicted octanol–water partition coefficient (Wildman–Crippen LogP) is 4.79. The van der Waals surface area contributed by atoms with Gasteiger partial charge in [0.05, 0.1) is 19.3 Å². The summed E-state index contributed by atoms with van der Waals surface area (Å²) in [4.78, 5) is 0. The molecule has 0 radical (unpaired) electrons. The molecule has 5 heteroatoms. The average molecular weight is 414 g/mol. The molecule has 0 aromatic heterocycles. The summed E-state index contributed by atoms with van der Waals surface area (Å²) in [5, 5.41) is 13.3. The van der Waals surface area contributed by atoms with Crippen LogP contribution in [0.4, 0.5) is 4.39 Å². The first kappa shape index (κ1) is 21.1. The van der Waals surface area contributed by atoms with Crippen LogP contribution >= 0.6 is 0 Å². The highest BCUT2D eigenvalue weighted by Crippen LogP contribution is 2.55. The van der Waals surface area contributed by atoms with Crippen LogP contribution in [0, 0.1) is 5.92 Å². The molecule has 4 nitrogen and oxygen atoms in total. The summed E-state index contributed by atoms with van der Waals surface area (Å²) in [5.74, 6) is 1.89. The number of methoxy groups -OCH3 is 1. The van der Waals surface area contributed by atoms with Gasteiger partial charge < -0.3 is 19.9 Å². The summed E-state index contributed by atoms with van der Waals surface area (Å²) in [6.07, 6.45) is 4.13. The Morgan fingerprint density at radius 3 is 2.83 bits per heavy atom. The first-order valence-electron chi connectivity index (χ1n) is 11.0. The van der Waals surface area contributed by atoms with Crippen molar-refractivity contribution < 1.29 is 19.0 Å². The minimum Gasteiger partial charge on any atom is -0.508 e. The zero-order chi connectivity index (χ0) is 21.0. The van der Waals surface area contributed by atoms with Gasteiger partial charge in [0.1, 0.15) is 18.2 Å². The van der Waals surface area contributed by atoms with E-state index >= 15 is 0 Å². The fourth-order valence-corrected chi connectivity index (χ4v) is 5.66. The predicted molar refractivity (Wildman–Crippen MR) is 116 cm³/mol. The van der Waals surface area contributed by atoms with Gasteiger partial charge in [-0.25, -0.2) is 4.39 Å². The van der Waals surface area contributed by atoms with E-state index in [1.807, 2.05) is 18.2 Å². The van der Waals surface area contributed by atoms with E-state index in [4.69, 9.17) is 9.47 Å². The maximum Gasteiger partial charge on any atom is 0.122 e. The van der Waals surface area contributed by atoms with Crippen LogP contribution in [0.2, 0.25) is 0 Å². The molecule has 1 aliphatic heterocycles. The van der Waals surface area contributed by atoms with Crippen LogP contribution in [-0.4, -0.2) is 44.2 Å². The van der Waals surface area contributed by atoms with Gasteiger partial charge in [-0.15, -0.1) is 0 Å². The molecule has 2 aromatic rings. The zero-order valence-corrected chi connectivity index (χ0v) is 17.6. The molecule has 2 N–H and O–H groups in total. The summed E-state index contributed by atoms with van der Waals surface area (Å²) < 4.78 is 24.9. The van der Waals surface area contributed by atoms with Crippen LogP contribution in [0.3, 0.4) is 0 Å². The number of rotatable bonds is 7. The number of phenols is 1. The second-order valence-corrected chi connectivity index (χ2v) is 8.64. The molecule has 0 unspecified atom stereocenters. The lowest BCUT2D eigenvalue weighted by Crippen LogP contribution is -2.46. The van der Waals surface area contributed by atoms with Crippen molar-refractivity contribution >= 4 is 0 Å². The first-order chi connectivity index (χ1) is 14.7. The van der Waals surface area contributed by atoms with Gasteiger partial charge in [0.15, 0.2) is 0 Å². The molecule has 2 aromatic carbocycles. The maximum atomic E-state index is 12.7. The minimum absolute atomic E-state index is 0.177. The molecule has 4 rings (SSSR count). The number of hydrogen-bond acceptors (Lipinski definition) is 4. The topological polar surface area (TPSA) is 50.7 Å². The van der Waals surface area contributed by atoms with Crippen LogP contribution < -0.4 is 10.1 Å². The smallest absolute Gasteiger partial charge is 0.122 e. The van der Waals surface area contributed by atoms with Crippen molar-refractivity contribution in [2.75, 3.05) is 33.5 Å². The highest BCUT2D eigenvalue weighted by Gasteiger charge is 2.52. The zero-order valence-electron chi connectivity index (χ0n) is 17.6. The number of halogens is 1. The largest absolute Gasteiger partial charge is 0.508 e. The van der Waals surface area contributed by atoms with Crippen molar-refractivity contribution in [2.24, 2.45) is 5.92 Å². The van der Waals surface area contributed by atoms with E-state index in [1.165, 1.54) is 5.56 Å². The Kier molecular flexibility index (Phi) is 6.59. The number of phenolic OH excluding ortho intramolecular Hbond substituents is 1. The quantitative estimate of drug-likeness (QED) is 0.641. The van der Waals surface area contributed by atoms with Crippen LogP contribution in [-0.2, 0) is 4.74 Å². The van der Waals surface area contributed by atoms with E-state index in [0.717, 1.165) is 43.5 Å². The van der Waals surface area contributed by atoms with Crippen LogP contribution in [0.1, 0.15) is 48.6 Å². The molecule has 0 bridgehead atoms. The second kappa shape index (κ2) is 9.36. The Hall–Kier alpha value is -2.11. The van der Waals surface area contributed by atoms with Crippen molar-refractivity contribution in [3.05, 3.63) is 59.7 Å². The first-order valence-corrected chi connectivity index (χ1v) is 11.0. The minimum atomic E-state index is -0.344. The molecule has 2 fully saturated rings. The Balaban J connectivity index is 1.64. The fourth-order valence-electron chi connectivity index (χ4n) is 5.66. The summed E-state index contributed by atoms with van der Waals surface area (Å²) in [6.45, 7) is 1.47. The van der Waals surface area contributed by atoms with Gasteiger partial charge in [-0.05, 0) is 55.5 Å². The summed E-state index contributed by atoms with van der Waals surface area (Å²) >= 11 is 0. The van der Waals surface area contributed by atoms with Crippen molar-refractivity contribution in [3.8, 4) is 11.5 Å². The Labute approximate surface area is 178 Å². The molecule has 1 spiro atoms. The average Bonchev–Trinajstić information content (AvgIpc) is 3.18. The molecule has 2 aliphatic rings. The molecule has 162 valence electrons. The maximum absolute atomic E-state index is 12.7. The van der Waals surface area contributed by atoms with E-state index in [2.05, 4.69) is 29.6 Å². The van der Waals surface area contributed by atoms with E-state index < -0.39 is 0 Å². The van der Waals surface area contributed by atoms with Gasteiger partial charge in [0, 0.05) is 23.9 Å². The number of hydrogen-bond donors (Lipinski definition) is 2. The van der Waals surface area contributed by atoms with Gasteiger partial charge in [-0.3, -0.25) is 0 Å². The Morgan fingerprint density at radius 2 is 2.07 bits per heavy atom. The highest BCUT2D eigenvalue weighted by molar-refractivity contribution is 5.43. The third-order valence-electron chi connectivity index (χ3n) is 6.87. The monoisotopic (exact) mass is 413 g/mol. The number of ether oxygens (including phenoxy) is 2.